The summed E-state index contributed by atoms with van der Waals surface area (Å²) < 4.78 is 0. The SMILES string of the molecule is CC/C=C\C/C=C\C/C=C\C/C=C\C/C=C\C/C=C\C/C=C\CCCCCCCC(=O)NC(CO)C(O)/C=C/CC/C=C/CCCCCCCCCCCCCCCCCCCCC. The Morgan fingerprint density at radius 2 is 0.703 bits per heavy atom. The highest BCUT2D eigenvalue weighted by molar-refractivity contribution is 5.76. The number of carbonyl (C=O) groups is 1. The Labute approximate surface area is 397 Å². The second kappa shape index (κ2) is 54.4. The Morgan fingerprint density at radius 3 is 1.09 bits per heavy atom. The molecule has 0 aromatic carbocycles. The number of rotatable bonds is 48. The summed E-state index contributed by atoms with van der Waals surface area (Å²) in [5.41, 5.74) is 0. The molecule has 4 nitrogen and oxygen atoms in total. The lowest BCUT2D eigenvalue weighted by Crippen LogP contribution is -2.45. The van der Waals surface area contributed by atoms with Crippen LogP contribution in [0.5, 0.6) is 0 Å². The standard InChI is InChI=1S/C60H103NO3/c1-3-5-7-9-11-13-15-17-19-21-23-25-27-29-30-32-34-36-38-40-42-44-46-48-50-52-54-56-60(64)61-58(57-62)59(63)55-53-51-49-47-45-43-41-39-37-35-33-31-28-26-24-22-20-18-16-14-12-10-8-6-4-2/h5,7,11,13,17,19,23,25,29-30,34,36,40,42,45,47,53,55,58-59,62-63H,3-4,6,8-10,12,14-16,18,20-22,24,26-28,31-33,35,37-39,41,43-44,46,48-52,54,56-57H2,1-2H3,(H,61,64)/b7-5-,13-11-,19-17-,25-23-,30-29-,36-34-,42-40-,47-45+,55-53+. The van der Waals surface area contributed by atoms with Gasteiger partial charge in [0.05, 0.1) is 18.8 Å². The van der Waals surface area contributed by atoms with E-state index in [1.165, 1.54) is 135 Å². The van der Waals surface area contributed by atoms with Crippen LogP contribution in [-0.2, 0) is 4.79 Å². The highest BCUT2D eigenvalue weighted by atomic mass is 16.3. The highest BCUT2D eigenvalue weighted by Gasteiger charge is 2.17. The van der Waals surface area contributed by atoms with E-state index in [0.29, 0.717) is 6.42 Å². The summed E-state index contributed by atoms with van der Waals surface area (Å²) in [6.07, 6.45) is 82.3. The van der Waals surface area contributed by atoms with E-state index in [1.807, 2.05) is 6.08 Å². The van der Waals surface area contributed by atoms with Crippen LogP contribution in [0.15, 0.2) is 109 Å². The lowest BCUT2D eigenvalue weighted by molar-refractivity contribution is -0.123. The average Bonchev–Trinajstić information content (AvgIpc) is 3.30. The highest BCUT2D eigenvalue weighted by Crippen LogP contribution is 2.15. The molecule has 0 aliphatic rings. The van der Waals surface area contributed by atoms with Crippen LogP contribution >= 0.6 is 0 Å². The van der Waals surface area contributed by atoms with Crippen molar-refractivity contribution in [1.82, 2.24) is 5.32 Å². The van der Waals surface area contributed by atoms with E-state index in [1.54, 1.807) is 6.08 Å². The summed E-state index contributed by atoms with van der Waals surface area (Å²) in [6.45, 7) is 4.18. The van der Waals surface area contributed by atoms with E-state index < -0.39 is 12.1 Å². The minimum absolute atomic E-state index is 0.0958. The summed E-state index contributed by atoms with van der Waals surface area (Å²) in [5.74, 6) is -0.0958. The zero-order chi connectivity index (χ0) is 46.3. The maximum absolute atomic E-state index is 12.5. The minimum Gasteiger partial charge on any atom is -0.394 e. The Balaban J connectivity index is 3.66. The maximum Gasteiger partial charge on any atom is 0.220 e. The number of unbranched alkanes of at least 4 members (excludes halogenated alkanes) is 25. The van der Waals surface area contributed by atoms with Crippen LogP contribution in [0.3, 0.4) is 0 Å². The number of aliphatic hydroxyl groups is 2. The van der Waals surface area contributed by atoms with Crippen molar-refractivity contribution in [3.8, 4) is 0 Å². The number of allylic oxidation sites excluding steroid dienone is 17. The van der Waals surface area contributed by atoms with Gasteiger partial charge in [-0.1, -0.05) is 258 Å². The van der Waals surface area contributed by atoms with Crippen molar-refractivity contribution in [2.24, 2.45) is 0 Å². The third-order valence-electron chi connectivity index (χ3n) is 11.7. The summed E-state index contributed by atoms with van der Waals surface area (Å²) in [5, 5.41) is 23.1. The predicted octanol–water partition coefficient (Wildman–Crippen LogP) is 17.9. The van der Waals surface area contributed by atoms with Crippen LogP contribution < -0.4 is 5.32 Å². The maximum atomic E-state index is 12.5. The molecular formula is C60H103NO3. The Hall–Kier alpha value is -2.95. The molecule has 4 heteroatoms. The van der Waals surface area contributed by atoms with Crippen molar-refractivity contribution in [1.29, 1.82) is 0 Å². The van der Waals surface area contributed by atoms with Crippen molar-refractivity contribution >= 4 is 5.91 Å². The van der Waals surface area contributed by atoms with Gasteiger partial charge in [0, 0.05) is 6.42 Å². The van der Waals surface area contributed by atoms with Crippen LogP contribution in [0.1, 0.15) is 245 Å². The van der Waals surface area contributed by atoms with Crippen molar-refractivity contribution in [3.63, 3.8) is 0 Å². The molecule has 1 amide bonds. The molecule has 0 aromatic rings. The fourth-order valence-corrected chi connectivity index (χ4v) is 7.65. The van der Waals surface area contributed by atoms with Gasteiger partial charge in [0.25, 0.3) is 0 Å². The summed E-state index contributed by atoms with van der Waals surface area (Å²) >= 11 is 0. The second-order valence-electron chi connectivity index (χ2n) is 17.9. The van der Waals surface area contributed by atoms with Crippen molar-refractivity contribution in [2.45, 2.75) is 257 Å². The van der Waals surface area contributed by atoms with Gasteiger partial charge in [0.1, 0.15) is 0 Å². The molecule has 0 aromatic heterocycles. The molecule has 0 saturated heterocycles. The molecule has 0 radical (unpaired) electrons. The molecule has 2 unspecified atom stereocenters. The van der Waals surface area contributed by atoms with Gasteiger partial charge in [0.2, 0.25) is 5.91 Å². The van der Waals surface area contributed by atoms with Crippen LogP contribution in [0.2, 0.25) is 0 Å². The molecule has 0 spiro atoms. The van der Waals surface area contributed by atoms with Gasteiger partial charge in [-0.25, -0.2) is 0 Å². The first-order valence-corrected chi connectivity index (χ1v) is 27.1. The summed E-state index contributed by atoms with van der Waals surface area (Å²) in [7, 11) is 0. The average molecular weight is 886 g/mol. The lowest BCUT2D eigenvalue weighted by atomic mass is 10.0. The van der Waals surface area contributed by atoms with E-state index in [2.05, 4.69) is 116 Å². The first-order valence-electron chi connectivity index (χ1n) is 27.1. The molecule has 0 aliphatic heterocycles. The second-order valence-corrected chi connectivity index (χ2v) is 17.9. The fourth-order valence-electron chi connectivity index (χ4n) is 7.65. The van der Waals surface area contributed by atoms with Crippen molar-refractivity contribution in [2.75, 3.05) is 6.61 Å². The first-order chi connectivity index (χ1) is 31.7. The summed E-state index contributed by atoms with van der Waals surface area (Å²) in [4.78, 5) is 12.5. The van der Waals surface area contributed by atoms with Crippen molar-refractivity contribution < 1.29 is 15.0 Å². The van der Waals surface area contributed by atoms with Crippen LogP contribution in [-0.4, -0.2) is 34.9 Å². The summed E-state index contributed by atoms with van der Waals surface area (Å²) in [6, 6.07) is -0.659. The Bertz CT molecular complexity index is 1230. The Kier molecular flexibility index (Phi) is 51.9. The topological polar surface area (TPSA) is 69.6 Å². The number of carbonyl (C=O) groups excluding carboxylic acids is 1. The largest absolute Gasteiger partial charge is 0.394 e. The molecular weight excluding hydrogens is 783 g/mol. The van der Waals surface area contributed by atoms with E-state index in [0.717, 1.165) is 89.9 Å². The molecule has 0 bridgehead atoms. The van der Waals surface area contributed by atoms with Gasteiger partial charge < -0.3 is 15.5 Å². The zero-order valence-electron chi connectivity index (χ0n) is 42.0. The first kappa shape index (κ1) is 61.0. The van der Waals surface area contributed by atoms with Gasteiger partial charge in [-0.15, -0.1) is 0 Å². The van der Waals surface area contributed by atoms with Gasteiger partial charge in [-0.3, -0.25) is 4.79 Å². The zero-order valence-corrected chi connectivity index (χ0v) is 42.0. The van der Waals surface area contributed by atoms with E-state index in [9.17, 15) is 15.0 Å². The number of nitrogens with one attached hydrogen (secondary N) is 1. The minimum atomic E-state index is -0.880. The quantitative estimate of drug-likeness (QED) is 0.0421. The molecule has 0 saturated carbocycles. The molecule has 366 valence electrons. The molecule has 3 N–H and O–H groups in total. The number of aliphatic hydroxyl groups excluding tert-OH is 2. The molecule has 64 heavy (non-hydrogen) atoms. The smallest absolute Gasteiger partial charge is 0.220 e. The van der Waals surface area contributed by atoms with E-state index in [4.69, 9.17) is 0 Å². The predicted molar refractivity (Wildman–Crippen MR) is 285 cm³/mol. The molecule has 0 rings (SSSR count). The third-order valence-corrected chi connectivity index (χ3v) is 11.7. The van der Waals surface area contributed by atoms with Gasteiger partial charge in [0.15, 0.2) is 0 Å². The van der Waals surface area contributed by atoms with Crippen LogP contribution in [0.4, 0.5) is 0 Å². The van der Waals surface area contributed by atoms with Crippen LogP contribution in [0, 0.1) is 0 Å². The van der Waals surface area contributed by atoms with Gasteiger partial charge >= 0.3 is 0 Å². The number of hydrogen-bond donors (Lipinski definition) is 3. The normalized spacial score (nSPS) is 13.8. The van der Waals surface area contributed by atoms with Crippen molar-refractivity contribution in [3.05, 3.63) is 109 Å². The molecule has 0 fully saturated rings. The fraction of sp³-hybridized carbons (Fsp3) is 0.683. The van der Waals surface area contributed by atoms with Gasteiger partial charge in [-0.2, -0.15) is 0 Å². The van der Waals surface area contributed by atoms with Gasteiger partial charge in [-0.05, 0) is 89.9 Å². The number of hydrogen-bond acceptors (Lipinski definition) is 3. The molecule has 0 heterocycles. The van der Waals surface area contributed by atoms with E-state index >= 15 is 0 Å². The number of amides is 1. The van der Waals surface area contributed by atoms with E-state index in [-0.39, 0.29) is 12.5 Å². The molecule has 0 aliphatic carbocycles. The Morgan fingerprint density at radius 1 is 0.391 bits per heavy atom. The lowest BCUT2D eigenvalue weighted by Gasteiger charge is -2.19. The van der Waals surface area contributed by atoms with Crippen LogP contribution in [0.25, 0.3) is 0 Å². The molecule has 2 atom stereocenters. The third kappa shape index (κ3) is 50.1. The monoisotopic (exact) mass is 886 g/mol.